The van der Waals surface area contributed by atoms with Gasteiger partial charge in [0, 0.05) is 11.4 Å². The Labute approximate surface area is 141 Å². The van der Waals surface area contributed by atoms with Gasteiger partial charge in [0.25, 0.3) is 0 Å². The Morgan fingerprint density at radius 3 is 2.39 bits per heavy atom. The van der Waals surface area contributed by atoms with Gasteiger partial charge in [-0.2, -0.15) is 0 Å². The second-order valence-electron chi connectivity index (χ2n) is 5.35. The third-order valence-corrected chi connectivity index (χ3v) is 3.96. The molecule has 0 amide bonds. The lowest BCUT2D eigenvalue weighted by molar-refractivity contribution is 0.0601. The third kappa shape index (κ3) is 4.07. The number of nitrogens with one attached hydrogen (secondary N) is 2. The van der Waals surface area contributed by atoms with Crippen molar-refractivity contribution in [2.45, 2.75) is 20.8 Å². The Morgan fingerprint density at radius 1 is 1.00 bits per heavy atom. The van der Waals surface area contributed by atoms with Gasteiger partial charge in [-0.05, 0) is 67.9 Å². The quantitative estimate of drug-likeness (QED) is 0.653. The number of esters is 1. The summed E-state index contributed by atoms with van der Waals surface area (Å²) < 4.78 is 4.75. The Morgan fingerprint density at radius 2 is 1.70 bits per heavy atom. The fourth-order valence-electron chi connectivity index (χ4n) is 2.16. The summed E-state index contributed by atoms with van der Waals surface area (Å²) in [6.45, 7) is 6.05. The van der Waals surface area contributed by atoms with Gasteiger partial charge in [0.2, 0.25) is 0 Å². The molecule has 0 saturated carbocycles. The molecule has 0 aliphatic rings. The topological polar surface area (TPSA) is 50.4 Å². The van der Waals surface area contributed by atoms with Crippen molar-refractivity contribution < 1.29 is 9.53 Å². The van der Waals surface area contributed by atoms with Crippen molar-refractivity contribution in [3.8, 4) is 0 Å². The molecule has 2 aromatic rings. The largest absolute Gasteiger partial charge is 0.465 e. The number of anilines is 2. The van der Waals surface area contributed by atoms with E-state index in [4.69, 9.17) is 17.0 Å². The van der Waals surface area contributed by atoms with Crippen LogP contribution in [0.2, 0.25) is 0 Å². The van der Waals surface area contributed by atoms with E-state index in [1.54, 1.807) is 12.1 Å². The summed E-state index contributed by atoms with van der Waals surface area (Å²) in [4.78, 5) is 11.6. The van der Waals surface area contributed by atoms with Crippen molar-refractivity contribution in [1.29, 1.82) is 0 Å². The molecule has 0 bridgehead atoms. The first-order valence-corrected chi connectivity index (χ1v) is 7.66. The summed E-state index contributed by atoms with van der Waals surface area (Å²) in [6, 6.07) is 11.3. The van der Waals surface area contributed by atoms with E-state index >= 15 is 0 Å². The van der Waals surface area contributed by atoms with Crippen LogP contribution in [0.4, 0.5) is 11.4 Å². The molecule has 2 rings (SSSR count). The average molecular weight is 328 g/mol. The van der Waals surface area contributed by atoms with Gasteiger partial charge in [-0.3, -0.25) is 0 Å². The predicted molar refractivity (Wildman–Crippen MR) is 98.3 cm³/mol. The summed E-state index contributed by atoms with van der Waals surface area (Å²) >= 11 is 5.38. The molecule has 23 heavy (non-hydrogen) atoms. The summed E-state index contributed by atoms with van der Waals surface area (Å²) in [5, 5.41) is 6.81. The highest BCUT2D eigenvalue weighted by Gasteiger charge is 2.09. The zero-order chi connectivity index (χ0) is 17.0. The Hall–Kier alpha value is -2.40. The van der Waals surface area contributed by atoms with E-state index in [1.807, 2.05) is 32.0 Å². The third-order valence-electron chi connectivity index (χ3n) is 3.76. The van der Waals surface area contributed by atoms with Crippen LogP contribution in [0.3, 0.4) is 0 Å². The molecule has 2 aromatic carbocycles. The van der Waals surface area contributed by atoms with E-state index < -0.39 is 0 Å². The molecule has 0 radical (unpaired) electrons. The lowest BCUT2D eigenvalue weighted by atomic mass is 10.1. The lowest BCUT2D eigenvalue weighted by Gasteiger charge is -2.15. The first kappa shape index (κ1) is 17.0. The van der Waals surface area contributed by atoms with E-state index in [9.17, 15) is 4.79 Å². The summed E-state index contributed by atoms with van der Waals surface area (Å²) in [5.41, 5.74) is 5.55. The van der Waals surface area contributed by atoms with Crippen molar-refractivity contribution >= 4 is 34.7 Å². The molecule has 0 spiro atoms. The molecule has 0 saturated heterocycles. The number of carbonyl (C=O) groups is 1. The Bertz CT molecular complexity index is 757. The van der Waals surface area contributed by atoms with Crippen LogP contribution in [0, 0.1) is 20.8 Å². The van der Waals surface area contributed by atoms with Gasteiger partial charge in [0.1, 0.15) is 0 Å². The number of rotatable bonds is 3. The van der Waals surface area contributed by atoms with E-state index in [0.717, 1.165) is 22.5 Å². The van der Waals surface area contributed by atoms with E-state index in [1.165, 1.54) is 12.7 Å². The van der Waals surface area contributed by atoms with Gasteiger partial charge in [-0.1, -0.05) is 18.2 Å². The number of carbonyl (C=O) groups excluding carboxylic acids is 1. The number of ether oxygens (including phenoxy) is 1. The molecule has 4 nitrogen and oxygen atoms in total. The minimum absolute atomic E-state index is 0.374. The maximum absolute atomic E-state index is 11.6. The first-order valence-electron chi connectivity index (χ1n) is 7.25. The molecular weight excluding hydrogens is 308 g/mol. The summed E-state index contributed by atoms with van der Waals surface area (Å²) in [5.74, 6) is -0.374. The monoisotopic (exact) mass is 328 g/mol. The van der Waals surface area contributed by atoms with Gasteiger partial charge >= 0.3 is 5.97 Å². The molecule has 0 aliphatic heterocycles. The SMILES string of the molecule is COC(=O)c1ccc(C)c(NC(=S)Nc2cccc(C)c2C)c1. The van der Waals surface area contributed by atoms with Crippen molar-refractivity contribution in [2.75, 3.05) is 17.7 Å². The standard InChI is InChI=1S/C18H20N2O2S/c1-11-6-5-7-15(13(11)3)19-18(23)20-16-10-14(17(21)22-4)9-8-12(16)2/h5-10H,1-4H3,(H2,19,20,23). The molecule has 0 unspecified atom stereocenters. The number of thiocarbonyl (C=S) groups is 1. The highest BCUT2D eigenvalue weighted by atomic mass is 32.1. The van der Waals surface area contributed by atoms with Gasteiger partial charge in [0.05, 0.1) is 12.7 Å². The van der Waals surface area contributed by atoms with E-state index in [-0.39, 0.29) is 5.97 Å². The van der Waals surface area contributed by atoms with Gasteiger partial charge in [-0.15, -0.1) is 0 Å². The Kier molecular flexibility index (Phi) is 5.34. The van der Waals surface area contributed by atoms with Crippen molar-refractivity contribution in [3.05, 3.63) is 58.7 Å². The predicted octanol–water partition coefficient (Wildman–Crippen LogP) is 4.21. The van der Waals surface area contributed by atoms with E-state index in [2.05, 4.69) is 23.6 Å². The molecule has 0 fully saturated rings. The lowest BCUT2D eigenvalue weighted by Crippen LogP contribution is -2.20. The van der Waals surface area contributed by atoms with Crippen LogP contribution in [0.15, 0.2) is 36.4 Å². The van der Waals surface area contributed by atoms with Gasteiger partial charge in [0.15, 0.2) is 5.11 Å². The zero-order valence-electron chi connectivity index (χ0n) is 13.7. The van der Waals surface area contributed by atoms with Gasteiger partial charge < -0.3 is 15.4 Å². The van der Waals surface area contributed by atoms with Crippen molar-refractivity contribution in [2.24, 2.45) is 0 Å². The van der Waals surface area contributed by atoms with Gasteiger partial charge in [-0.25, -0.2) is 4.79 Å². The molecule has 0 heterocycles. The normalized spacial score (nSPS) is 10.1. The highest BCUT2D eigenvalue weighted by Crippen LogP contribution is 2.20. The highest BCUT2D eigenvalue weighted by molar-refractivity contribution is 7.80. The number of hydrogen-bond acceptors (Lipinski definition) is 3. The maximum atomic E-state index is 11.6. The molecule has 0 aliphatic carbocycles. The van der Waals surface area contributed by atoms with E-state index in [0.29, 0.717) is 10.7 Å². The second kappa shape index (κ2) is 7.24. The van der Waals surface area contributed by atoms with Crippen LogP contribution in [0.5, 0.6) is 0 Å². The van der Waals surface area contributed by atoms with Crippen LogP contribution in [0.1, 0.15) is 27.0 Å². The number of benzene rings is 2. The molecule has 0 atom stereocenters. The number of aryl methyl sites for hydroxylation is 2. The Balaban J connectivity index is 2.17. The fraction of sp³-hybridized carbons (Fsp3) is 0.222. The van der Waals surface area contributed by atoms with Crippen molar-refractivity contribution in [3.63, 3.8) is 0 Å². The molecule has 2 N–H and O–H groups in total. The summed E-state index contributed by atoms with van der Waals surface area (Å²) in [7, 11) is 1.36. The first-order chi connectivity index (χ1) is 10.9. The van der Waals surface area contributed by atoms with Crippen LogP contribution in [-0.4, -0.2) is 18.2 Å². The minimum Gasteiger partial charge on any atom is -0.465 e. The molecular formula is C18H20N2O2S. The minimum atomic E-state index is -0.374. The van der Waals surface area contributed by atoms with Crippen LogP contribution < -0.4 is 10.6 Å². The van der Waals surface area contributed by atoms with Crippen LogP contribution in [-0.2, 0) is 4.74 Å². The molecule has 0 aromatic heterocycles. The van der Waals surface area contributed by atoms with Crippen LogP contribution in [0.25, 0.3) is 0 Å². The van der Waals surface area contributed by atoms with Crippen molar-refractivity contribution in [1.82, 2.24) is 0 Å². The smallest absolute Gasteiger partial charge is 0.337 e. The maximum Gasteiger partial charge on any atom is 0.337 e. The fourth-order valence-corrected chi connectivity index (χ4v) is 2.38. The molecule has 5 heteroatoms. The summed E-state index contributed by atoms with van der Waals surface area (Å²) in [6.07, 6.45) is 0. The second-order valence-corrected chi connectivity index (χ2v) is 5.76. The van der Waals surface area contributed by atoms with Crippen LogP contribution >= 0.6 is 12.2 Å². The number of methoxy groups -OCH3 is 1. The molecule has 120 valence electrons. The zero-order valence-corrected chi connectivity index (χ0v) is 14.5. The average Bonchev–Trinajstić information content (AvgIpc) is 2.53. The number of hydrogen-bond donors (Lipinski definition) is 2.